The minimum atomic E-state index is -0.334. The van der Waals surface area contributed by atoms with Crippen LogP contribution >= 0.6 is 0 Å². The maximum Gasteiger partial charge on any atom is 0.262 e. The number of para-hydroxylation sites is 2. The normalized spacial score (nSPS) is 10.6. The van der Waals surface area contributed by atoms with E-state index in [1.165, 1.54) is 13.2 Å². The van der Waals surface area contributed by atoms with Crippen LogP contribution in [0.15, 0.2) is 72.8 Å². The maximum atomic E-state index is 12.5. The van der Waals surface area contributed by atoms with Crippen molar-refractivity contribution in [1.29, 1.82) is 0 Å². The highest BCUT2D eigenvalue weighted by Crippen LogP contribution is 2.29. The lowest BCUT2D eigenvalue weighted by Crippen LogP contribution is -2.20. The zero-order valence-electron chi connectivity index (χ0n) is 19.4. The fourth-order valence-electron chi connectivity index (χ4n) is 3.14. The molecule has 0 radical (unpaired) electrons. The Labute approximate surface area is 198 Å². The van der Waals surface area contributed by atoms with Crippen LogP contribution in [0.1, 0.15) is 22.8 Å². The summed E-state index contributed by atoms with van der Waals surface area (Å²) in [5.41, 5.74) is 1.84. The van der Waals surface area contributed by atoms with Crippen molar-refractivity contribution in [2.45, 2.75) is 6.92 Å². The molecular formula is C27H27NO6. The number of nitrogens with one attached hydrogen (secondary N) is 1. The van der Waals surface area contributed by atoms with Crippen LogP contribution in [-0.2, 0) is 4.79 Å². The number of benzene rings is 3. The molecule has 0 saturated heterocycles. The molecule has 3 rings (SSSR count). The predicted octanol–water partition coefficient (Wildman–Crippen LogP) is 5.02. The fourth-order valence-corrected chi connectivity index (χ4v) is 3.14. The summed E-state index contributed by atoms with van der Waals surface area (Å²) >= 11 is 0. The first-order chi connectivity index (χ1) is 16.5. The van der Waals surface area contributed by atoms with Gasteiger partial charge in [-0.15, -0.1) is 0 Å². The molecule has 0 heterocycles. The summed E-state index contributed by atoms with van der Waals surface area (Å²) in [6.45, 7) is 2.06. The molecule has 3 aromatic rings. The molecule has 0 aromatic heterocycles. The Bertz CT molecular complexity index is 1170. The standard InChI is InChI=1S/C27H27NO6/c1-4-33-26-16-19(12-14-23(29)20-8-7-9-21(17-20)31-2)13-15-25(26)34-18-27(30)28-22-10-5-6-11-24(22)32-3/h5-17H,4,18H2,1-3H3,(H,28,30)/b14-12+. The van der Waals surface area contributed by atoms with Gasteiger partial charge in [-0.05, 0) is 55.0 Å². The number of carbonyl (C=O) groups is 2. The van der Waals surface area contributed by atoms with Gasteiger partial charge in [0.05, 0.1) is 26.5 Å². The van der Waals surface area contributed by atoms with Gasteiger partial charge in [-0.3, -0.25) is 9.59 Å². The van der Waals surface area contributed by atoms with E-state index in [4.69, 9.17) is 18.9 Å². The SMILES string of the molecule is CCOc1cc(/C=C/C(=O)c2cccc(OC)c2)ccc1OCC(=O)Nc1ccccc1OC. The Kier molecular flexibility index (Phi) is 8.68. The van der Waals surface area contributed by atoms with Gasteiger partial charge in [0.2, 0.25) is 0 Å². The highest BCUT2D eigenvalue weighted by atomic mass is 16.5. The van der Waals surface area contributed by atoms with Gasteiger partial charge < -0.3 is 24.3 Å². The van der Waals surface area contributed by atoms with Crippen LogP contribution in [0.5, 0.6) is 23.0 Å². The summed E-state index contributed by atoms with van der Waals surface area (Å²) in [5, 5.41) is 2.76. The Morgan fingerprint density at radius 3 is 2.44 bits per heavy atom. The van der Waals surface area contributed by atoms with Crippen LogP contribution < -0.4 is 24.3 Å². The fraction of sp³-hybridized carbons (Fsp3) is 0.185. The largest absolute Gasteiger partial charge is 0.497 e. The van der Waals surface area contributed by atoms with E-state index < -0.39 is 0 Å². The minimum absolute atomic E-state index is 0.148. The number of hydrogen-bond acceptors (Lipinski definition) is 6. The van der Waals surface area contributed by atoms with Crippen molar-refractivity contribution in [3.63, 3.8) is 0 Å². The molecule has 176 valence electrons. The number of rotatable bonds is 11. The number of allylic oxidation sites excluding steroid dienone is 1. The zero-order valence-corrected chi connectivity index (χ0v) is 19.4. The molecule has 0 bridgehead atoms. The van der Waals surface area contributed by atoms with E-state index in [1.54, 1.807) is 73.8 Å². The van der Waals surface area contributed by atoms with Crippen LogP contribution in [0.4, 0.5) is 5.69 Å². The zero-order chi connectivity index (χ0) is 24.3. The quantitative estimate of drug-likeness (QED) is 0.319. The second kappa shape index (κ2) is 12.1. The summed E-state index contributed by atoms with van der Waals surface area (Å²) in [4.78, 5) is 24.8. The number of carbonyl (C=O) groups excluding carboxylic acids is 2. The number of anilines is 1. The molecule has 0 aliphatic carbocycles. The molecule has 0 fully saturated rings. The van der Waals surface area contributed by atoms with Crippen LogP contribution in [0.3, 0.4) is 0 Å². The molecule has 0 spiro atoms. The molecule has 0 atom stereocenters. The Morgan fingerprint density at radius 2 is 1.68 bits per heavy atom. The molecule has 7 heteroatoms. The Balaban J connectivity index is 1.66. The van der Waals surface area contributed by atoms with Crippen molar-refractivity contribution < 1.29 is 28.5 Å². The number of amides is 1. The van der Waals surface area contributed by atoms with Crippen molar-refractivity contribution in [2.24, 2.45) is 0 Å². The molecule has 0 aliphatic heterocycles. The third kappa shape index (κ3) is 6.62. The first-order valence-corrected chi connectivity index (χ1v) is 10.7. The topological polar surface area (TPSA) is 83.1 Å². The molecule has 34 heavy (non-hydrogen) atoms. The summed E-state index contributed by atoms with van der Waals surface area (Å²) in [6, 6.07) is 19.3. The van der Waals surface area contributed by atoms with Crippen molar-refractivity contribution in [2.75, 3.05) is 32.8 Å². The summed E-state index contributed by atoms with van der Waals surface area (Å²) in [6.07, 6.45) is 3.18. The number of ether oxygens (including phenoxy) is 4. The van der Waals surface area contributed by atoms with Crippen LogP contribution in [0.2, 0.25) is 0 Å². The molecule has 1 N–H and O–H groups in total. The van der Waals surface area contributed by atoms with Crippen LogP contribution in [0, 0.1) is 0 Å². The van der Waals surface area contributed by atoms with E-state index in [0.717, 1.165) is 5.56 Å². The van der Waals surface area contributed by atoms with Gasteiger partial charge in [-0.1, -0.05) is 36.4 Å². The molecular weight excluding hydrogens is 434 g/mol. The van der Waals surface area contributed by atoms with Crippen LogP contribution in [0.25, 0.3) is 6.08 Å². The van der Waals surface area contributed by atoms with Crippen molar-refractivity contribution in [3.8, 4) is 23.0 Å². The molecule has 0 saturated carbocycles. The Hall–Kier alpha value is -4.26. The highest BCUT2D eigenvalue weighted by molar-refractivity contribution is 6.07. The third-order valence-corrected chi connectivity index (χ3v) is 4.79. The van der Waals surface area contributed by atoms with E-state index in [-0.39, 0.29) is 18.3 Å². The molecule has 7 nitrogen and oxygen atoms in total. The maximum absolute atomic E-state index is 12.5. The monoisotopic (exact) mass is 461 g/mol. The van der Waals surface area contributed by atoms with Crippen molar-refractivity contribution in [3.05, 3.63) is 83.9 Å². The van der Waals surface area contributed by atoms with Crippen LogP contribution in [-0.4, -0.2) is 39.1 Å². The summed E-state index contributed by atoms with van der Waals surface area (Å²) in [7, 11) is 3.09. The van der Waals surface area contributed by atoms with Crippen molar-refractivity contribution in [1.82, 2.24) is 0 Å². The molecule has 1 amide bonds. The van der Waals surface area contributed by atoms with E-state index in [1.807, 2.05) is 13.0 Å². The number of hydrogen-bond donors (Lipinski definition) is 1. The third-order valence-electron chi connectivity index (χ3n) is 4.79. The molecule has 0 aliphatic rings. The summed E-state index contributed by atoms with van der Waals surface area (Å²) in [5.74, 6) is 1.60. The van der Waals surface area contributed by atoms with E-state index in [2.05, 4.69) is 5.32 Å². The smallest absolute Gasteiger partial charge is 0.262 e. The van der Waals surface area contributed by atoms with Gasteiger partial charge in [0.15, 0.2) is 23.9 Å². The second-order valence-electron chi connectivity index (χ2n) is 7.11. The predicted molar refractivity (Wildman–Crippen MR) is 131 cm³/mol. The van der Waals surface area contributed by atoms with Gasteiger partial charge in [0, 0.05) is 5.56 Å². The second-order valence-corrected chi connectivity index (χ2v) is 7.11. The lowest BCUT2D eigenvalue weighted by molar-refractivity contribution is -0.118. The molecule has 0 unspecified atom stereocenters. The van der Waals surface area contributed by atoms with E-state index in [0.29, 0.717) is 40.9 Å². The lowest BCUT2D eigenvalue weighted by atomic mass is 10.1. The molecule has 3 aromatic carbocycles. The number of ketones is 1. The average molecular weight is 462 g/mol. The van der Waals surface area contributed by atoms with Gasteiger partial charge >= 0.3 is 0 Å². The van der Waals surface area contributed by atoms with E-state index in [9.17, 15) is 9.59 Å². The van der Waals surface area contributed by atoms with Gasteiger partial charge in [0.25, 0.3) is 5.91 Å². The van der Waals surface area contributed by atoms with E-state index >= 15 is 0 Å². The Morgan fingerprint density at radius 1 is 0.853 bits per heavy atom. The lowest BCUT2D eigenvalue weighted by Gasteiger charge is -2.13. The first kappa shape index (κ1) is 24.4. The first-order valence-electron chi connectivity index (χ1n) is 10.7. The highest BCUT2D eigenvalue weighted by Gasteiger charge is 2.11. The van der Waals surface area contributed by atoms with Gasteiger partial charge in [0.1, 0.15) is 11.5 Å². The summed E-state index contributed by atoms with van der Waals surface area (Å²) < 4.78 is 21.8. The number of methoxy groups -OCH3 is 2. The van der Waals surface area contributed by atoms with Gasteiger partial charge in [-0.2, -0.15) is 0 Å². The van der Waals surface area contributed by atoms with Gasteiger partial charge in [-0.25, -0.2) is 0 Å². The van der Waals surface area contributed by atoms with Crippen molar-refractivity contribution >= 4 is 23.5 Å². The minimum Gasteiger partial charge on any atom is -0.497 e. The average Bonchev–Trinajstić information content (AvgIpc) is 2.87.